The van der Waals surface area contributed by atoms with Gasteiger partial charge in [-0.25, -0.2) is 4.79 Å². The molecule has 0 radical (unpaired) electrons. The number of furan rings is 1. The van der Waals surface area contributed by atoms with Crippen molar-refractivity contribution in [1.29, 1.82) is 0 Å². The molecule has 0 unspecified atom stereocenters. The van der Waals surface area contributed by atoms with E-state index in [1.54, 1.807) is 17.0 Å². The predicted molar refractivity (Wildman–Crippen MR) is 123 cm³/mol. The Labute approximate surface area is 186 Å². The number of amides is 3. The van der Waals surface area contributed by atoms with Crippen LogP contribution in [0.25, 0.3) is 11.0 Å². The number of hydrogen-bond acceptors (Lipinski definition) is 4. The molecule has 2 N–H and O–H groups in total. The van der Waals surface area contributed by atoms with Crippen LogP contribution in [0.15, 0.2) is 46.9 Å². The Morgan fingerprint density at radius 3 is 2.50 bits per heavy atom. The van der Waals surface area contributed by atoms with Crippen LogP contribution in [0.5, 0.6) is 5.75 Å². The van der Waals surface area contributed by atoms with E-state index in [-0.39, 0.29) is 18.5 Å². The van der Waals surface area contributed by atoms with Crippen molar-refractivity contribution < 1.29 is 18.7 Å². The summed E-state index contributed by atoms with van der Waals surface area (Å²) in [7, 11) is 0. The van der Waals surface area contributed by atoms with Gasteiger partial charge in [0, 0.05) is 30.5 Å². The van der Waals surface area contributed by atoms with Crippen LogP contribution in [0.1, 0.15) is 37.0 Å². The van der Waals surface area contributed by atoms with Crippen molar-refractivity contribution in [3.63, 3.8) is 0 Å². The van der Waals surface area contributed by atoms with E-state index in [0.29, 0.717) is 17.1 Å². The number of aryl methyl sites for hydroxylation is 2. The number of fused-ring (bicyclic) bond motifs is 3. The molecule has 32 heavy (non-hydrogen) atoms. The van der Waals surface area contributed by atoms with Gasteiger partial charge < -0.3 is 24.7 Å². The Balaban J connectivity index is 1.22. The minimum Gasteiger partial charge on any atom is -0.484 e. The van der Waals surface area contributed by atoms with E-state index in [2.05, 4.69) is 10.6 Å². The number of nitrogens with one attached hydrogen (secondary N) is 2. The number of ether oxygens (including phenoxy) is 1. The first kappa shape index (κ1) is 20.4. The minimum absolute atomic E-state index is 0.125. The second-order valence-corrected chi connectivity index (χ2v) is 8.38. The molecule has 166 valence electrons. The topological polar surface area (TPSA) is 83.8 Å². The first-order valence-electron chi connectivity index (χ1n) is 11.3. The Kier molecular flexibility index (Phi) is 5.71. The summed E-state index contributed by atoms with van der Waals surface area (Å²) in [5, 5.41) is 6.82. The molecule has 1 aromatic heterocycles. The Morgan fingerprint density at radius 2 is 1.69 bits per heavy atom. The SMILES string of the molecule is O=C(COc1ccc2oc3c(c2c1)CCCC3)Nc1ccccc1NC(=O)N1CCCC1. The number of hydrogen-bond donors (Lipinski definition) is 2. The Bertz CT molecular complexity index is 1150. The quantitative estimate of drug-likeness (QED) is 0.596. The lowest BCUT2D eigenvalue weighted by atomic mass is 9.96. The van der Waals surface area contributed by atoms with Crippen LogP contribution in [0, 0.1) is 0 Å². The van der Waals surface area contributed by atoms with Gasteiger partial charge in [-0.2, -0.15) is 0 Å². The van der Waals surface area contributed by atoms with Gasteiger partial charge in [-0.15, -0.1) is 0 Å². The standard InChI is InChI=1S/C25H27N3O4/c29-24(26-20-8-2-3-9-21(20)27-25(30)28-13-5-6-14-28)16-31-17-11-12-23-19(15-17)18-7-1-4-10-22(18)32-23/h2-3,8-9,11-12,15H,1,4-7,10,13-14,16H2,(H,26,29)(H,27,30). The molecular formula is C25H27N3O4. The molecule has 1 aliphatic heterocycles. The molecule has 0 bridgehead atoms. The fraction of sp³-hybridized carbons (Fsp3) is 0.360. The van der Waals surface area contributed by atoms with E-state index in [0.717, 1.165) is 61.9 Å². The van der Waals surface area contributed by atoms with Crippen LogP contribution >= 0.6 is 0 Å². The lowest BCUT2D eigenvalue weighted by molar-refractivity contribution is -0.118. The molecule has 0 atom stereocenters. The van der Waals surface area contributed by atoms with E-state index in [9.17, 15) is 9.59 Å². The molecule has 3 aromatic rings. The molecule has 0 spiro atoms. The van der Waals surface area contributed by atoms with Crippen LogP contribution in [-0.4, -0.2) is 36.5 Å². The van der Waals surface area contributed by atoms with Crippen LogP contribution in [0.3, 0.4) is 0 Å². The summed E-state index contributed by atoms with van der Waals surface area (Å²) in [6.07, 6.45) is 6.38. The zero-order valence-electron chi connectivity index (χ0n) is 18.0. The molecule has 0 saturated carbocycles. The number of benzene rings is 2. The third-order valence-corrected chi connectivity index (χ3v) is 6.13. The Morgan fingerprint density at radius 1 is 0.938 bits per heavy atom. The number of likely N-dealkylation sites (tertiary alicyclic amines) is 1. The van der Waals surface area contributed by atoms with Crippen molar-refractivity contribution in [2.45, 2.75) is 38.5 Å². The average Bonchev–Trinajstić information content (AvgIpc) is 3.47. The summed E-state index contributed by atoms with van der Waals surface area (Å²) in [4.78, 5) is 26.8. The first-order chi connectivity index (χ1) is 15.7. The normalized spacial score (nSPS) is 15.4. The predicted octanol–water partition coefficient (Wildman–Crippen LogP) is 4.96. The van der Waals surface area contributed by atoms with E-state index in [1.165, 1.54) is 12.0 Å². The third kappa shape index (κ3) is 4.28. The molecule has 1 saturated heterocycles. The number of carbonyl (C=O) groups is 2. The second kappa shape index (κ2) is 8.94. The second-order valence-electron chi connectivity index (χ2n) is 8.38. The smallest absolute Gasteiger partial charge is 0.321 e. The highest BCUT2D eigenvalue weighted by atomic mass is 16.5. The summed E-state index contributed by atoms with van der Waals surface area (Å²) >= 11 is 0. The zero-order chi connectivity index (χ0) is 21.9. The maximum Gasteiger partial charge on any atom is 0.321 e. The van der Waals surface area contributed by atoms with Gasteiger partial charge in [0.1, 0.15) is 17.1 Å². The number of rotatable bonds is 5. The van der Waals surface area contributed by atoms with Crippen molar-refractivity contribution in [3.05, 3.63) is 53.8 Å². The van der Waals surface area contributed by atoms with Crippen LogP contribution < -0.4 is 15.4 Å². The van der Waals surface area contributed by atoms with Gasteiger partial charge in [-0.1, -0.05) is 12.1 Å². The first-order valence-corrected chi connectivity index (χ1v) is 11.3. The van der Waals surface area contributed by atoms with Crippen LogP contribution in [0.4, 0.5) is 16.2 Å². The van der Waals surface area contributed by atoms with E-state index in [1.807, 2.05) is 30.3 Å². The van der Waals surface area contributed by atoms with Crippen molar-refractivity contribution in [1.82, 2.24) is 4.90 Å². The van der Waals surface area contributed by atoms with Gasteiger partial charge >= 0.3 is 6.03 Å². The maximum absolute atomic E-state index is 12.5. The van der Waals surface area contributed by atoms with Crippen LogP contribution in [-0.2, 0) is 17.6 Å². The maximum atomic E-state index is 12.5. The number of anilines is 2. The van der Waals surface area contributed by atoms with Gasteiger partial charge in [0.25, 0.3) is 5.91 Å². The molecule has 7 nitrogen and oxygen atoms in total. The average molecular weight is 434 g/mol. The summed E-state index contributed by atoms with van der Waals surface area (Å²) in [5.74, 6) is 1.42. The molecule has 2 aliphatic rings. The lowest BCUT2D eigenvalue weighted by Gasteiger charge is -2.18. The fourth-order valence-corrected chi connectivity index (χ4v) is 4.48. The third-order valence-electron chi connectivity index (χ3n) is 6.13. The van der Waals surface area contributed by atoms with Crippen molar-refractivity contribution in [2.24, 2.45) is 0 Å². The van der Waals surface area contributed by atoms with Gasteiger partial charge in [-0.05, 0) is 62.4 Å². The van der Waals surface area contributed by atoms with E-state index < -0.39 is 0 Å². The Hall–Kier alpha value is -3.48. The fourth-order valence-electron chi connectivity index (χ4n) is 4.48. The summed E-state index contributed by atoms with van der Waals surface area (Å²) in [6.45, 7) is 1.40. The van der Waals surface area contributed by atoms with Gasteiger partial charge in [-0.3, -0.25) is 4.79 Å². The molecule has 2 aromatic carbocycles. The van der Waals surface area contributed by atoms with Crippen molar-refractivity contribution >= 4 is 34.3 Å². The molecule has 7 heteroatoms. The molecule has 1 fully saturated rings. The minimum atomic E-state index is -0.290. The zero-order valence-corrected chi connectivity index (χ0v) is 18.0. The molecule has 2 heterocycles. The number of para-hydroxylation sites is 2. The molecule has 5 rings (SSSR count). The molecule has 3 amide bonds. The number of carbonyl (C=O) groups excluding carboxylic acids is 2. The molecule has 1 aliphatic carbocycles. The van der Waals surface area contributed by atoms with Crippen LogP contribution in [0.2, 0.25) is 0 Å². The number of nitrogens with zero attached hydrogens (tertiary/aromatic N) is 1. The largest absolute Gasteiger partial charge is 0.484 e. The van der Waals surface area contributed by atoms with Gasteiger partial charge in [0.15, 0.2) is 6.61 Å². The lowest BCUT2D eigenvalue weighted by Crippen LogP contribution is -2.32. The van der Waals surface area contributed by atoms with Crippen molar-refractivity contribution in [3.8, 4) is 5.75 Å². The van der Waals surface area contributed by atoms with Gasteiger partial charge in [0.05, 0.1) is 11.4 Å². The van der Waals surface area contributed by atoms with Crippen molar-refractivity contribution in [2.75, 3.05) is 30.3 Å². The van der Waals surface area contributed by atoms with E-state index >= 15 is 0 Å². The highest BCUT2D eigenvalue weighted by Gasteiger charge is 2.20. The summed E-state index contributed by atoms with van der Waals surface area (Å²) in [5.41, 5.74) is 3.26. The highest BCUT2D eigenvalue weighted by molar-refractivity contribution is 5.99. The highest BCUT2D eigenvalue weighted by Crippen LogP contribution is 2.34. The summed E-state index contributed by atoms with van der Waals surface area (Å²) < 4.78 is 11.7. The van der Waals surface area contributed by atoms with Gasteiger partial charge in [0.2, 0.25) is 0 Å². The monoisotopic (exact) mass is 433 g/mol. The number of urea groups is 1. The summed E-state index contributed by atoms with van der Waals surface area (Å²) in [6, 6.07) is 12.7. The van der Waals surface area contributed by atoms with E-state index in [4.69, 9.17) is 9.15 Å². The molecular weight excluding hydrogens is 406 g/mol.